The van der Waals surface area contributed by atoms with Crippen LogP contribution in [0.1, 0.15) is 25.7 Å². The second-order valence-corrected chi connectivity index (χ2v) is 5.25. The summed E-state index contributed by atoms with van der Waals surface area (Å²) in [6, 6.07) is 1.66. The van der Waals surface area contributed by atoms with Gasteiger partial charge in [0.15, 0.2) is 17.5 Å². The van der Waals surface area contributed by atoms with Gasteiger partial charge in [0.05, 0.1) is 19.6 Å². The number of rotatable bonds is 4. The van der Waals surface area contributed by atoms with Gasteiger partial charge in [0.25, 0.3) is 0 Å². The van der Waals surface area contributed by atoms with Crippen molar-refractivity contribution in [1.29, 1.82) is 0 Å². The van der Waals surface area contributed by atoms with E-state index in [1.165, 1.54) is 7.11 Å². The van der Waals surface area contributed by atoms with Crippen molar-refractivity contribution in [2.75, 3.05) is 13.7 Å². The highest BCUT2D eigenvalue weighted by molar-refractivity contribution is 5.72. The predicted molar refractivity (Wildman–Crippen MR) is 69.3 cm³/mol. The smallest absolute Gasteiger partial charge is 0.308 e. The second-order valence-electron chi connectivity index (χ2n) is 5.25. The second kappa shape index (κ2) is 6.83. The highest BCUT2D eigenvalue weighted by Gasteiger charge is 2.27. The van der Waals surface area contributed by atoms with Crippen molar-refractivity contribution in [3.63, 3.8) is 0 Å². The highest BCUT2D eigenvalue weighted by atomic mass is 19.2. The van der Waals surface area contributed by atoms with Crippen molar-refractivity contribution in [2.24, 2.45) is 11.8 Å². The molecule has 116 valence electrons. The molecule has 1 saturated carbocycles. The Labute approximate surface area is 121 Å². The molecule has 1 aliphatic rings. The van der Waals surface area contributed by atoms with Gasteiger partial charge in [-0.15, -0.1) is 0 Å². The van der Waals surface area contributed by atoms with E-state index in [4.69, 9.17) is 9.47 Å². The van der Waals surface area contributed by atoms with Gasteiger partial charge in [-0.05, 0) is 31.6 Å². The maximum atomic E-state index is 13.0. The Morgan fingerprint density at radius 1 is 1.14 bits per heavy atom. The molecule has 21 heavy (non-hydrogen) atoms. The van der Waals surface area contributed by atoms with Gasteiger partial charge >= 0.3 is 5.97 Å². The van der Waals surface area contributed by atoms with Crippen molar-refractivity contribution < 1.29 is 27.4 Å². The third-order valence-corrected chi connectivity index (χ3v) is 3.82. The lowest BCUT2D eigenvalue weighted by Crippen LogP contribution is -2.25. The first-order valence-electron chi connectivity index (χ1n) is 6.86. The average molecular weight is 302 g/mol. The standard InChI is InChI=1S/C15H17F3O3/c1-20-15(19)10-4-2-9(3-5-10)8-21-11-6-12(16)14(18)13(17)7-11/h6-7,9-10H,2-5,8H2,1H3. The summed E-state index contributed by atoms with van der Waals surface area (Å²) in [6.07, 6.45) is 3.00. The largest absolute Gasteiger partial charge is 0.493 e. The summed E-state index contributed by atoms with van der Waals surface area (Å²) in [5.74, 6) is -4.12. The zero-order valence-corrected chi connectivity index (χ0v) is 11.7. The Morgan fingerprint density at radius 2 is 1.71 bits per heavy atom. The molecule has 0 bridgehead atoms. The number of carbonyl (C=O) groups excluding carboxylic acids is 1. The van der Waals surface area contributed by atoms with E-state index in [-0.39, 0.29) is 23.6 Å². The summed E-state index contributed by atoms with van der Waals surface area (Å²) in [5, 5.41) is 0. The zero-order valence-electron chi connectivity index (χ0n) is 11.7. The van der Waals surface area contributed by atoms with E-state index in [1.54, 1.807) is 0 Å². The van der Waals surface area contributed by atoms with Crippen LogP contribution in [0.15, 0.2) is 12.1 Å². The quantitative estimate of drug-likeness (QED) is 0.631. The third kappa shape index (κ3) is 3.89. The van der Waals surface area contributed by atoms with E-state index in [9.17, 15) is 18.0 Å². The summed E-state index contributed by atoms with van der Waals surface area (Å²) in [4.78, 5) is 11.4. The summed E-state index contributed by atoms with van der Waals surface area (Å²) >= 11 is 0. The van der Waals surface area contributed by atoms with Gasteiger partial charge in [0, 0.05) is 12.1 Å². The third-order valence-electron chi connectivity index (χ3n) is 3.82. The van der Waals surface area contributed by atoms with Crippen LogP contribution >= 0.6 is 0 Å². The molecule has 0 unspecified atom stereocenters. The molecule has 1 aliphatic carbocycles. The monoisotopic (exact) mass is 302 g/mol. The summed E-state index contributed by atoms with van der Waals surface area (Å²) < 4.78 is 48.9. The first kappa shape index (κ1) is 15.7. The van der Waals surface area contributed by atoms with Crippen molar-refractivity contribution in [2.45, 2.75) is 25.7 Å². The molecule has 2 rings (SSSR count). The molecule has 0 aliphatic heterocycles. The molecule has 0 saturated heterocycles. The number of esters is 1. The summed E-state index contributed by atoms with van der Waals surface area (Å²) in [7, 11) is 1.37. The number of ether oxygens (including phenoxy) is 2. The van der Waals surface area contributed by atoms with E-state index < -0.39 is 17.5 Å². The van der Waals surface area contributed by atoms with Crippen molar-refractivity contribution in [3.05, 3.63) is 29.6 Å². The number of hydrogen-bond donors (Lipinski definition) is 0. The molecule has 1 aromatic rings. The number of methoxy groups -OCH3 is 1. The van der Waals surface area contributed by atoms with E-state index in [0.717, 1.165) is 25.0 Å². The minimum Gasteiger partial charge on any atom is -0.493 e. The first-order valence-corrected chi connectivity index (χ1v) is 6.86. The van der Waals surface area contributed by atoms with E-state index in [0.29, 0.717) is 19.4 Å². The van der Waals surface area contributed by atoms with Gasteiger partial charge < -0.3 is 9.47 Å². The van der Waals surface area contributed by atoms with Gasteiger partial charge in [0.1, 0.15) is 5.75 Å². The fourth-order valence-corrected chi connectivity index (χ4v) is 2.56. The highest BCUT2D eigenvalue weighted by Crippen LogP contribution is 2.30. The van der Waals surface area contributed by atoms with Crippen LogP contribution < -0.4 is 4.74 Å². The van der Waals surface area contributed by atoms with Gasteiger partial charge in [-0.2, -0.15) is 0 Å². The van der Waals surface area contributed by atoms with E-state index in [1.807, 2.05) is 0 Å². The van der Waals surface area contributed by atoms with Crippen molar-refractivity contribution >= 4 is 5.97 Å². The van der Waals surface area contributed by atoms with Gasteiger partial charge in [-0.3, -0.25) is 4.79 Å². The minimum atomic E-state index is -1.50. The molecule has 0 amide bonds. The summed E-state index contributed by atoms with van der Waals surface area (Å²) in [5.41, 5.74) is 0. The van der Waals surface area contributed by atoms with Crippen molar-refractivity contribution in [1.82, 2.24) is 0 Å². The van der Waals surface area contributed by atoms with Gasteiger partial charge in [-0.25, -0.2) is 13.2 Å². The molecule has 0 N–H and O–H groups in total. The van der Waals surface area contributed by atoms with Gasteiger partial charge in [-0.1, -0.05) is 0 Å². The number of hydrogen-bond acceptors (Lipinski definition) is 3. The van der Waals surface area contributed by atoms with E-state index >= 15 is 0 Å². The first-order chi connectivity index (χ1) is 10.0. The Kier molecular flexibility index (Phi) is 5.09. The van der Waals surface area contributed by atoms with Crippen LogP contribution in [0.5, 0.6) is 5.75 Å². The fourth-order valence-electron chi connectivity index (χ4n) is 2.56. The lowest BCUT2D eigenvalue weighted by molar-refractivity contribution is -0.146. The fraction of sp³-hybridized carbons (Fsp3) is 0.533. The topological polar surface area (TPSA) is 35.5 Å². The molecule has 0 radical (unpaired) electrons. The maximum absolute atomic E-state index is 13.0. The molecule has 0 atom stereocenters. The number of halogens is 3. The zero-order chi connectivity index (χ0) is 15.4. The molecule has 6 heteroatoms. The van der Waals surface area contributed by atoms with Crippen LogP contribution in [0.2, 0.25) is 0 Å². The molecule has 1 aromatic carbocycles. The lowest BCUT2D eigenvalue weighted by Gasteiger charge is -2.26. The van der Waals surface area contributed by atoms with Crippen LogP contribution in [-0.2, 0) is 9.53 Å². The van der Waals surface area contributed by atoms with Crippen LogP contribution in [-0.4, -0.2) is 19.7 Å². The Morgan fingerprint density at radius 3 is 2.24 bits per heavy atom. The Bertz CT molecular complexity index is 488. The normalized spacial score (nSPS) is 21.9. The molecular formula is C15H17F3O3. The van der Waals surface area contributed by atoms with Crippen LogP contribution in [0, 0.1) is 29.3 Å². The minimum absolute atomic E-state index is 0.0264. The van der Waals surface area contributed by atoms with Gasteiger partial charge in [0.2, 0.25) is 0 Å². The molecule has 1 fully saturated rings. The maximum Gasteiger partial charge on any atom is 0.308 e. The van der Waals surface area contributed by atoms with E-state index in [2.05, 4.69) is 0 Å². The van der Waals surface area contributed by atoms with Crippen LogP contribution in [0.3, 0.4) is 0 Å². The molecular weight excluding hydrogens is 285 g/mol. The Balaban J connectivity index is 1.84. The molecule has 3 nitrogen and oxygen atoms in total. The predicted octanol–water partition coefficient (Wildman–Crippen LogP) is 3.46. The molecule has 0 heterocycles. The van der Waals surface area contributed by atoms with Crippen LogP contribution in [0.4, 0.5) is 13.2 Å². The Hall–Kier alpha value is -1.72. The lowest BCUT2D eigenvalue weighted by atomic mass is 9.82. The number of benzene rings is 1. The van der Waals surface area contributed by atoms with Crippen molar-refractivity contribution in [3.8, 4) is 5.75 Å². The van der Waals surface area contributed by atoms with Crippen LogP contribution in [0.25, 0.3) is 0 Å². The molecule has 0 spiro atoms. The summed E-state index contributed by atoms with van der Waals surface area (Å²) in [6.45, 7) is 0.290. The number of carbonyl (C=O) groups is 1. The average Bonchev–Trinajstić information content (AvgIpc) is 2.50. The molecule has 0 aromatic heterocycles. The SMILES string of the molecule is COC(=O)C1CCC(COc2cc(F)c(F)c(F)c2)CC1.